The van der Waals surface area contributed by atoms with Gasteiger partial charge in [0.15, 0.2) is 0 Å². The summed E-state index contributed by atoms with van der Waals surface area (Å²) >= 11 is 0. The monoisotopic (exact) mass is 298 g/mol. The summed E-state index contributed by atoms with van der Waals surface area (Å²) in [5.41, 5.74) is 2.12. The van der Waals surface area contributed by atoms with Crippen LogP contribution in [0.25, 0.3) is 0 Å². The first-order valence-corrected chi connectivity index (χ1v) is 8.04. The minimum atomic E-state index is -0.0224. The molecule has 116 valence electrons. The molecule has 0 bridgehead atoms. The molecular weight excluding hydrogens is 276 g/mol. The highest BCUT2D eigenvalue weighted by Gasteiger charge is 2.22. The fraction of sp³-hybridized carbons (Fsp3) is 0.444. The van der Waals surface area contributed by atoms with Crippen LogP contribution in [0.5, 0.6) is 0 Å². The van der Waals surface area contributed by atoms with E-state index in [1.807, 2.05) is 23.1 Å². The van der Waals surface area contributed by atoms with Crippen molar-refractivity contribution in [2.45, 2.75) is 38.5 Å². The summed E-state index contributed by atoms with van der Waals surface area (Å²) in [5.74, 6) is 0.701. The van der Waals surface area contributed by atoms with E-state index in [1.165, 1.54) is 12.0 Å². The van der Waals surface area contributed by atoms with Gasteiger partial charge in [0.05, 0.1) is 5.69 Å². The maximum Gasteiger partial charge on any atom is 0.292 e. The van der Waals surface area contributed by atoms with Crippen molar-refractivity contribution in [1.29, 1.82) is 0 Å². The average molecular weight is 298 g/mol. The largest absolute Gasteiger partial charge is 0.351 e. The molecule has 3 rings (SSSR count). The number of amides is 1. The average Bonchev–Trinajstić information content (AvgIpc) is 3.04. The van der Waals surface area contributed by atoms with Gasteiger partial charge in [0, 0.05) is 19.2 Å². The van der Waals surface area contributed by atoms with E-state index in [1.54, 1.807) is 6.07 Å². The van der Waals surface area contributed by atoms with E-state index < -0.39 is 0 Å². The number of carbonyl (C=O) groups excluding carboxylic acids is 1. The van der Waals surface area contributed by atoms with Gasteiger partial charge in [-0.05, 0) is 37.2 Å². The predicted molar refractivity (Wildman–Crippen MR) is 84.8 cm³/mol. The molecule has 4 nitrogen and oxygen atoms in total. The number of hydrogen-bond acceptors (Lipinski definition) is 3. The molecule has 2 aromatic rings. The molecule has 2 heterocycles. The molecule has 22 heavy (non-hydrogen) atoms. The Morgan fingerprint density at radius 2 is 1.95 bits per heavy atom. The zero-order chi connectivity index (χ0) is 15.4. The number of piperidine rings is 1. The third-order valence-corrected chi connectivity index (χ3v) is 4.30. The zero-order valence-electron chi connectivity index (χ0n) is 13.0. The highest BCUT2D eigenvalue weighted by molar-refractivity contribution is 5.91. The van der Waals surface area contributed by atoms with E-state index in [0.717, 1.165) is 38.0 Å². The van der Waals surface area contributed by atoms with E-state index in [4.69, 9.17) is 4.52 Å². The lowest BCUT2D eigenvalue weighted by Gasteiger charge is -2.25. The minimum Gasteiger partial charge on any atom is -0.351 e. The Balaban J connectivity index is 1.64. The van der Waals surface area contributed by atoms with Gasteiger partial charge in [0.1, 0.15) is 0 Å². The molecule has 4 heteroatoms. The molecule has 0 unspecified atom stereocenters. The van der Waals surface area contributed by atoms with Crippen molar-refractivity contribution in [2.75, 3.05) is 13.1 Å². The fourth-order valence-electron chi connectivity index (χ4n) is 2.97. The second-order valence-electron chi connectivity index (χ2n) is 6.05. The summed E-state index contributed by atoms with van der Waals surface area (Å²) in [6.45, 7) is 3.82. The minimum absolute atomic E-state index is 0.0224. The third kappa shape index (κ3) is 3.38. The van der Waals surface area contributed by atoms with E-state index >= 15 is 0 Å². The van der Waals surface area contributed by atoms with E-state index in [2.05, 4.69) is 24.2 Å². The Morgan fingerprint density at radius 3 is 2.68 bits per heavy atom. The van der Waals surface area contributed by atoms with Gasteiger partial charge in [0.2, 0.25) is 5.76 Å². The Labute approximate surface area is 131 Å². The second kappa shape index (κ2) is 6.77. The molecule has 1 aromatic carbocycles. The molecule has 0 radical (unpaired) electrons. The lowest BCUT2D eigenvalue weighted by Crippen LogP contribution is -2.35. The molecule has 1 fully saturated rings. The van der Waals surface area contributed by atoms with Crippen molar-refractivity contribution in [1.82, 2.24) is 10.1 Å². The zero-order valence-corrected chi connectivity index (χ0v) is 13.0. The van der Waals surface area contributed by atoms with Gasteiger partial charge < -0.3 is 9.42 Å². The summed E-state index contributed by atoms with van der Waals surface area (Å²) in [7, 11) is 0. The van der Waals surface area contributed by atoms with Crippen LogP contribution < -0.4 is 0 Å². The number of likely N-dealkylation sites (tertiary alicyclic amines) is 1. The van der Waals surface area contributed by atoms with Crippen molar-refractivity contribution in [2.24, 2.45) is 0 Å². The molecule has 1 aromatic heterocycles. The Kier molecular flexibility index (Phi) is 4.56. The third-order valence-electron chi connectivity index (χ3n) is 4.30. The highest BCUT2D eigenvalue weighted by atomic mass is 16.5. The molecule has 0 N–H and O–H groups in total. The lowest BCUT2D eigenvalue weighted by molar-refractivity contribution is 0.0682. The van der Waals surface area contributed by atoms with E-state index in [9.17, 15) is 4.79 Å². The Morgan fingerprint density at radius 1 is 1.23 bits per heavy atom. The van der Waals surface area contributed by atoms with Gasteiger partial charge in [0.25, 0.3) is 5.91 Å². The Hall–Kier alpha value is -2.10. The molecule has 1 aliphatic rings. The highest BCUT2D eigenvalue weighted by Crippen LogP contribution is 2.21. The predicted octanol–water partition coefficient (Wildman–Crippen LogP) is 3.65. The SMILES string of the molecule is C[C@H](Cc1cc(C(=O)N2CCCCC2)on1)c1ccccc1. The van der Waals surface area contributed by atoms with Gasteiger partial charge in [-0.25, -0.2) is 0 Å². The van der Waals surface area contributed by atoms with Crippen LogP contribution in [0.4, 0.5) is 0 Å². The first-order chi connectivity index (χ1) is 10.7. The van der Waals surface area contributed by atoms with Crippen LogP contribution in [0.2, 0.25) is 0 Å². The molecule has 0 spiro atoms. The van der Waals surface area contributed by atoms with Gasteiger partial charge in [-0.2, -0.15) is 0 Å². The summed E-state index contributed by atoms with van der Waals surface area (Å²) in [4.78, 5) is 14.2. The molecule has 1 saturated heterocycles. The number of rotatable bonds is 4. The summed E-state index contributed by atoms with van der Waals surface area (Å²) in [5, 5.41) is 4.08. The van der Waals surface area contributed by atoms with Crippen LogP contribution in [-0.2, 0) is 6.42 Å². The van der Waals surface area contributed by atoms with Crippen molar-refractivity contribution in [3.05, 3.63) is 53.4 Å². The molecule has 1 amide bonds. The maximum atomic E-state index is 12.4. The number of hydrogen-bond donors (Lipinski definition) is 0. The molecule has 1 atom stereocenters. The van der Waals surface area contributed by atoms with Crippen LogP contribution in [-0.4, -0.2) is 29.1 Å². The molecule has 0 saturated carbocycles. The summed E-state index contributed by atoms with van der Waals surface area (Å²) in [6.07, 6.45) is 4.15. The molecular formula is C18H22N2O2. The quantitative estimate of drug-likeness (QED) is 0.865. The van der Waals surface area contributed by atoms with Crippen molar-refractivity contribution >= 4 is 5.91 Å². The lowest BCUT2D eigenvalue weighted by atomic mass is 9.96. The smallest absolute Gasteiger partial charge is 0.292 e. The topological polar surface area (TPSA) is 46.3 Å². The summed E-state index contributed by atoms with van der Waals surface area (Å²) in [6, 6.07) is 12.1. The summed E-state index contributed by atoms with van der Waals surface area (Å²) < 4.78 is 5.28. The number of carbonyl (C=O) groups is 1. The van der Waals surface area contributed by atoms with Gasteiger partial charge in [-0.1, -0.05) is 42.4 Å². The van der Waals surface area contributed by atoms with Gasteiger partial charge >= 0.3 is 0 Å². The van der Waals surface area contributed by atoms with Crippen LogP contribution in [0.3, 0.4) is 0 Å². The van der Waals surface area contributed by atoms with Gasteiger partial charge in [-0.15, -0.1) is 0 Å². The van der Waals surface area contributed by atoms with E-state index in [-0.39, 0.29) is 5.91 Å². The Bertz CT molecular complexity index is 615. The van der Waals surface area contributed by atoms with Crippen LogP contribution >= 0.6 is 0 Å². The number of aromatic nitrogens is 1. The number of benzene rings is 1. The van der Waals surface area contributed by atoms with Gasteiger partial charge in [-0.3, -0.25) is 4.79 Å². The molecule has 0 aliphatic carbocycles. The molecule has 1 aliphatic heterocycles. The van der Waals surface area contributed by atoms with Crippen LogP contribution in [0.1, 0.15) is 53.9 Å². The first-order valence-electron chi connectivity index (χ1n) is 8.04. The van der Waals surface area contributed by atoms with Crippen LogP contribution in [0.15, 0.2) is 40.9 Å². The number of nitrogens with zero attached hydrogens (tertiary/aromatic N) is 2. The van der Waals surface area contributed by atoms with Crippen molar-refractivity contribution < 1.29 is 9.32 Å². The van der Waals surface area contributed by atoms with Crippen molar-refractivity contribution in [3.63, 3.8) is 0 Å². The normalized spacial score (nSPS) is 16.5. The van der Waals surface area contributed by atoms with Crippen LogP contribution in [0, 0.1) is 0 Å². The maximum absolute atomic E-state index is 12.4. The standard InChI is InChI=1S/C18H22N2O2/c1-14(15-8-4-2-5-9-15)12-16-13-17(22-19-16)18(21)20-10-6-3-7-11-20/h2,4-5,8-9,13-14H,3,6-7,10-12H2,1H3/t14-/m1/s1. The van der Waals surface area contributed by atoms with Crippen molar-refractivity contribution in [3.8, 4) is 0 Å². The first kappa shape index (κ1) is 14.8. The second-order valence-corrected chi connectivity index (χ2v) is 6.05. The van der Waals surface area contributed by atoms with E-state index in [0.29, 0.717) is 11.7 Å². The fourth-order valence-corrected chi connectivity index (χ4v) is 2.97.